The lowest BCUT2D eigenvalue weighted by Crippen LogP contribution is -2.41. The van der Waals surface area contributed by atoms with Crippen LogP contribution in [-0.4, -0.2) is 32.8 Å². The van der Waals surface area contributed by atoms with E-state index in [0.29, 0.717) is 24.6 Å². The maximum Gasteiger partial charge on any atom is 0.191 e. The Morgan fingerprint density at radius 3 is 2.65 bits per heavy atom. The highest BCUT2D eigenvalue weighted by Gasteiger charge is 2.07. The van der Waals surface area contributed by atoms with Crippen molar-refractivity contribution in [1.82, 2.24) is 10.6 Å². The van der Waals surface area contributed by atoms with Crippen LogP contribution in [0, 0.1) is 11.3 Å². The first-order valence-corrected chi connectivity index (χ1v) is 8.39. The van der Waals surface area contributed by atoms with Crippen LogP contribution in [0.1, 0.15) is 18.1 Å². The predicted molar refractivity (Wildman–Crippen MR) is 102 cm³/mol. The molecule has 0 saturated carbocycles. The molecule has 0 bridgehead atoms. The van der Waals surface area contributed by atoms with E-state index in [1.54, 1.807) is 20.2 Å². The molecule has 0 aromatic heterocycles. The number of rotatable bonds is 7. The Morgan fingerprint density at radius 1 is 1.15 bits per heavy atom. The molecule has 2 aromatic rings. The SMILES string of the molecule is CN=C(NCc1cccc(C#N)c1)NCC(C)Oc1cccc(OC)c1. The van der Waals surface area contributed by atoms with Crippen LogP contribution in [-0.2, 0) is 6.54 Å². The summed E-state index contributed by atoms with van der Waals surface area (Å²) in [5, 5.41) is 15.4. The molecule has 0 saturated heterocycles. The molecule has 6 heteroatoms. The van der Waals surface area contributed by atoms with E-state index in [0.717, 1.165) is 17.1 Å². The van der Waals surface area contributed by atoms with Gasteiger partial charge in [-0.2, -0.15) is 5.26 Å². The first kappa shape index (κ1) is 19.1. The Labute approximate surface area is 154 Å². The second kappa shape index (κ2) is 9.94. The van der Waals surface area contributed by atoms with Gasteiger partial charge in [0.05, 0.1) is 25.3 Å². The number of nitriles is 1. The number of methoxy groups -OCH3 is 1. The van der Waals surface area contributed by atoms with E-state index in [-0.39, 0.29) is 6.10 Å². The number of hydrogen-bond acceptors (Lipinski definition) is 4. The maximum atomic E-state index is 8.96. The van der Waals surface area contributed by atoms with Gasteiger partial charge in [0.2, 0.25) is 0 Å². The number of guanidine groups is 1. The van der Waals surface area contributed by atoms with E-state index in [9.17, 15) is 0 Å². The van der Waals surface area contributed by atoms with Gasteiger partial charge >= 0.3 is 0 Å². The molecular formula is C20H24N4O2. The first-order chi connectivity index (χ1) is 12.6. The summed E-state index contributed by atoms with van der Waals surface area (Å²) in [6.07, 6.45) is -0.0532. The highest BCUT2D eigenvalue weighted by Crippen LogP contribution is 2.19. The Bertz CT molecular complexity index is 783. The normalized spacial score (nSPS) is 12.0. The standard InChI is InChI=1S/C20H24N4O2/c1-15(26-19-9-5-8-18(11-19)25-3)13-23-20(22-2)24-14-17-7-4-6-16(10-17)12-21/h4-11,15H,13-14H2,1-3H3,(H2,22,23,24). The van der Waals surface area contributed by atoms with Crippen LogP contribution < -0.4 is 20.1 Å². The summed E-state index contributed by atoms with van der Waals surface area (Å²) in [5.41, 5.74) is 1.67. The molecule has 0 spiro atoms. The van der Waals surface area contributed by atoms with Crippen molar-refractivity contribution in [3.63, 3.8) is 0 Å². The van der Waals surface area contributed by atoms with E-state index in [1.165, 1.54) is 0 Å². The average Bonchev–Trinajstić information content (AvgIpc) is 2.68. The Morgan fingerprint density at radius 2 is 1.92 bits per heavy atom. The van der Waals surface area contributed by atoms with Crippen molar-refractivity contribution < 1.29 is 9.47 Å². The molecule has 0 amide bonds. The summed E-state index contributed by atoms with van der Waals surface area (Å²) in [7, 11) is 3.35. The fourth-order valence-corrected chi connectivity index (χ4v) is 2.35. The average molecular weight is 352 g/mol. The van der Waals surface area contributed by atoms with E-state index >= 15 is 0 Å². The molecule has 26 heavy (non-hydrogen) atoms. The minimum absolute atomic E-state index is 0.0532. The van der Waals surface area contributed by atoms with Crippen molar-refractivity contribution in [2.45, 2.75) is 19.6 Å². The van der Waals surface area contributed by atoms with Gasteiger partial charge in [-0.25, -0.2) is 0 Å². The molecule has 2 N–H and O–H groups in total. The van der Waals surface area contributed by atoms with Crippen molar-refractivity contribution in [3.8, 4) is 17.6 Å². The Balaban J connectivity index is 1.81. The van der Waals surface area contributed by atoms with Crippen molar-refractivity contribution in [1.29, 1.82) is 5.26 Å². The zero-order valence-electron chi connectivity index (χ0n) is 15.3. The fraction of sp³-hybridized carbons (Fsp3) is 0.300. The van der Waals surface area contributed by atoms with Crippen LogP contribution in [0.25, 0.3) is 0 Å². The van der Waals surface area contributed by atoms with Gasteiger partial charge in [-0.3, -0.25) is 4.99 Å². The van der Waals surface area contributed by atoms with Gasteiger partial charge in [0, 0.05) is 19.7 Å². The molecule has 1 unspecified atom stereocenters. The quantitative estimate of drug-likeness (QED) is 0.592. The molecule has 6 nitrogen and oxygen atoms in total. The summed E-state index contributed by atoms with van der Waals surface area (Å²) in [5.74, 6) is 2.20. The van der Waals surface area contributed by atoms with E-state index in [2.05, 4.69) is 21.7 Å². The van der Waals surface area contributed by atoms with Gasteiger partial charge in [-0.1, -0.05) is 18.2 Å². The van der Waals surface area contributed by atoms with Crippen molar-refractivity contribution >= 4 is 5.96 Å². The van der Waals surface area contributed by atoms with Crippen molar-refractivity contribution in [2.75, 3.05) is 20.7 Å². The smallest absolute Gasteiger partial charge is 0.191 e. The number of aliphatic imine (C=N–C) groups is 1. The first-order valence-electron chi connectivity index (χ1n) is 8.39. The van der Waals surface area contributed by atoms with E-state index in [4.69, 9.17) is 14.7 Å². The van der Waals surface area contributed by atoms with Crippen molar-refractivity contribution in [2.24, 2.45) is 4.99 Å². The lowest BCUT2D eigenvalue weighted by atomic mass is 10.1. The van der Waals surface area contributed by atoms with Crippen LogP contribution in [0.15, 0.2) is 53.5 Å². The molecule has 1 atom stereocenters. The second-order valence-corrected chi connectivity index (χ2v) is 5.73. The summed E-state index contributed by atoms with van der Waals surface area (Å²) in [4.78, 5) is 4.21. The summed E-state index contributed by atoms with van der Waals surface area (Å²) >= 11 is 0. The minimum atomic E-state index is -0.0532. The molecule has 0 aliphatic rings. The van der Waals surface area contributed by atoms with Gasteiger partial charge < -0.3 is 20.1 Å². The zero-order valence-corrected chi connectivity index (χ0v) is 15.3. The zero-order chi connectivity index (χ0) is 18.8. The van der Waals surface area contributed by atoms with Crippen LogP contribution in [0.3, 0.4) is 0 Å². The third-order valence-electron chi connectivity index (χ3n) is 3.68. The second-order valence-electron chi connectivity index (χ2n) is 5.73. The molecule has 136 valence electrons. The number of benzene rings is 2. The lowest BCUT2D eigenvalue weighted by Gasteiger charge is -2.18. The summed E-state index contributed by atoms with van der Waals surface area (Å²) < 4.78 is 11.1. The molecule has 0 fully saturated rings. The van der Waals surface area contributed by atoms with Gasteiger partial charge in [0.1, 0.15) is 17.6 Å². The van der Waals surface area contributed by atoms with Crippen LogP contribution in [0.2, 0.25) is 0 Å². The van der Waals surface area contributed by atoms with Crippen LogP contribution >= 0.6 is 0 Å². The summed E-state index contributed by atoms with van der Waals surface area (Å²) in [6.45, 7) is 3.16. The minimum Gasteiger partial charge on any atom is -0.497 e. The molecule has 0 heterocycles. The molecule has 0 radical (unpaired) electrons. The van der Waals surface area contributed by atoms with Gasteiger partial charge in [-0.05, 0) is 36.8 Å². The molecule has 2 aromatic carbocycles. The van der Waals surface area contributed by atoms with Crippen molar-refractivity contribution in [3.05, 3.63) is 59.7 Å². The number of nitrogens with zero attached hydrogens (tertiary/aromatic N) is 2. The van der Waals surface area contributed by atoms with Gasteiger partial charge in [0.25, 0.3) is 0 Å². The number of hydrogen-bond donors (Lipinski definition) is 2. The van der Waals surface area contributed by atoms with Gasteiger partial charge in [-0.15, -0.1) is 0 Å². The predicted octanol–water partition coefficient (Wildman–Crippen LogP) is 2.70. The topological polar surface area (TPSA) is 78.7 Å². The largest absolute Gasteiger partial charge is 0.497 e. The third kappa shape index (κ3) is 6.02. The third-order valence-corrected chi connectivity index (χ3v) is 3.68. The fourth-order valence-electron chi connectivity index (χ4n) is 2.35. The van der Waals surface area contributed by atoms with Crippen LogP contribution in [0.4, 0.5) is 0 Å². The highest BCUT2D eigenvalue weighted by molar-refractivity contribution is 5.79. The van der Waals surface area contributed by atoms with E-state index < -0.39 is 0 Å². The van der Waals surface area contributed by atoms with E-state index in [1.807, 2.05) is 49.4 Å². The maximum absolute atomic E-state index is 8.96. The lowest BCUT2D eigenvalue weighted by molar-refractivity contribution is 0.223. The Hall–Kier alpha value is -3.20. The number of nitrogens with one attached hydrogen (secondary N) is 2. The molecular weight excluding hydrogens is 328 g/mol. The number of ether oxygens (including phenoxy) is 2. The van der Waals surface area contributed by atoms with Crippen LogP contribution in [0.5, 0.6) is 11.5 Å². The summed E-state index contributed by atoms with van der Waals surface area (Å²) in [6, 6.07) is 17.1. The monoisotopic (exact) mass is 352 g/mol. The Kier molecular flexibility index (Phi) is 7.31. The molecule has 0 aliphatic heterocycles. The highest BCUT2D eigenvalue weighted by atomic mass is 16.5. The molecule has 0 aliphatic carbocycles. The molecule has 2 rings (SSSR count). The van der Waals surface area contributed by atoms with Gasteiger partial charge in [0.15, 0.2) is 5.96 Å².